The minimum absolute atomic E-state index is 0.00361. The number of phenols is 4. The van der Waals surface area contributed by atoms with Gasteiger partial charge in [-0.25, -0.2) is 4.79 Å². The molecular weight excluding hydrogens is 900 g/mol. The number of aromatic hydroxyl groups is 5. The second kappa shape index (κ2) is 20.7. The highest BCUT2D eigenvalue weighted by Gasteiger charge is 2.52. The molecule has 0 saturated carbocycles. The van der Waals surface area contributed by atoms with Crippen LogP contribution in [0.15, 0.2) is 54.3 Å². The van der Waals surface area contributed by atoms with Gasteiger partial charge in [0.25, 0.3) is 11.9 Å². The minimum atomic E-state index is -1.99. The second-order valence-electron chi connectivity index (χ2n) is 15.7. The van der Waals surface area contributed by atoms with Crippen LogP contribution in [-0.2, 0) is 33.2 Å². The van der Waals surface area contributed by atoms with Crippen molar-refractivity contribution < 1.29 is 119 Å². The van der Waals surface area contributed by atoms with Crippen molar-refractivity contribution in [3.05, 3.63) is 71.0 Å². The number of fused-ring (bicyclic) bond motifs is 1. The number of phenolic OH excluding ortho intramolecular Hbond substituents is 4. The first-order valence-electron chi connectivity index (χ1n) is 20.5. The molecule has 3 fully saturated rings. The highest BCUT2D eigenvalue weighted by Crippen LogP contribution is 2.48. The molecule has 0 aliphatic carbocycles. The van der Waals surface area contributed by atoms with Crippen LogP contribution in [-0.4, -0.2) is 197 Å². The first-order valence-corrected chi connectivity index (χ1v) is 20.5. The van der Waals surface area contributed by atoms with E-state index in [-0.39, 0.29) is 45.6 Å². The van der Waals surface area contributed by atoms with E-state index in [1.54, 1.807) is 0 Å². The molecule has 0 amide bonds. The van der Waals surface area contributed by atoms with Gasteiger partial charge in [-0.1, -0.05) is 0 Å². The Morgan fingerprint density at radius 1 is 0.716 bits per heavy atom. The molecule has 3 aromatic carbocycles. The molecule has 7 rings (SSSR count). The fourth-order valence-corrected chi connectivity index (χ4v) is 7.65. The predicted octanol–water partition coefficient (Wildman–Crippen LogP) is -2.41. The van der Waals surface area contributed by atoms with E-state index in [4.69, 9.17) is 42.6 Å². The smallest absolute Gasteiger partial charge is 0.331 e. The molecule has 24 nitrogen and oxygen atoms in total. The molecule has 67 heavy (non-hydrogen) atoms. The van der Waals surface area contributed by atoms with Crippen molar-refractivity contribution in [3.8, 4) is 46.0 Å². The third-order valence-corrected chi connectivity index (χ3v) is 11.3. The van der Waals surface area contributed by atoms with Gasteiger partial charge in [0.15, 0.2) is 47.3 Å². The number of ether oxygens (including phenoxy) is 10. The van der Waals surface area contributed by atoms with Gasteiger partial charge in [-0.3, -0.25) is 0 Å². The predicted molar refractivity (Wildman–Crippen MR) is 220 cm³/mol. The van der Waals surface area contributed by atoms with Crippen molar-refractivity contribution in [2.45, 2.75) is 92.1 Å². The third kappa shape index (κ3) is 10.3. The van der Waals surface area contributed by atoms with E-state index in [2.05, 4.69) is 4.74 Å². The average molecular weight is 952 g/mol. The summed E-state index contributed by atoms with van der Waals surface area (Å²) in [5.41, 5.74) is 0.466. The van der Waals surface area contributed by atoms with Crippen LogP contribution in [0, 0.1) is 0 Å². The lowest BCUT2D eigenvalue weighted by Crippen LogP contribution is -2.63. The second-order valence-corrected chi connectivity index (χ2v) is 15.7. The summed E-state index contributed by atoms with van der Waals surface area (Å²) in [6.07, 6.45) is -22.7. The van der Waals surface area contributed by atoms with Crippen LogP contribution in [0.1, 0.15) is 22.8 Å². The Morgan fingerprint density at radius 3 is 2.01 bits per heavy atom. The number of rotatable bonds is 14. The molecule has 4 aliphatic heterocycles. The van der Waals surface area contributed by atoms with Crippen molar-refractivity contribution in [1.82, 2.24) is 0 Å². The van der Waals surface area contributed by atoms with Crippen LogP contribution in [0.25, 0.3) is 12.2 Å². The summed E-state index contributed by atoms with van der Waals surface area (Å²) >= 11 is 0. The molecule has 15 atom stereocenters. The maximum absolute atomic E-state index is 13.2. The van der Waals surface area contributed by atoms with Crippen molar-refractivity contribution in [3.63, 3.8) is 0 Å². The maximum Gasteiger partial charge on any atom is 0.331 e. The number of hydrogen-bond donors (Lipinski definition) is 13. The van der Waals surface area contributed by atoms with Gasteiger partial charge in [0.05, 0.1) is 45.7 Å². The molecule has 0 bridgehead atoms. The molecule has 0 aromatic heterocycles. The Balaban J connectivity index is 1.22. The van der Waals surface area contributed by atoms with Gasteiger partial charge in [0.2, 0.25) is 18.3 Å². The Labute approximate surface area is 379 Å². The largest absolute Gasteiger partial charge is 0.571 e. The van der Waals surface area contributed by atoms with Gasteiger partial charge in [-0.15, -0.1) is 0 Å². The van der Waals surface area contributed by atoms with Crippen LogP contribution in [0.5, 0.6) is 46.0 Å². The van der Waals surface area contributed by atoms with E-state index >= 15 is 0 Å². The summed E-state index contributed by atoms with van der Waals surface area (Å²) in [6.45, 7) is -2.24. The van der Waals surface area contributed by atoms with Crippen LogP contribution in [0.2, 0.25) is 0 Å². The van der Waals surface area contributed by atoms with E-state index < -0.39 is 135 Å². The summed E-state index contributed by atoms with van der Waals surface area (Å²) in [4.78, 5) is 13.2. The Hall–Kier alpha value is -5.71. The van der Waals surface area contributed by atoms with Gasteiger partial charge in [-0.05, 0) is 42.0 Å². The molecule has 14 N–H and O–H groups in total. The number of carbonyl (C=O) groups is 1. The van der Waals surface area contributed by atoms with Gasteiger partial charge in [0.1, 0.15) is 72.0 Å². The van der Waals surface area contributed by atoms with Gasteiger partial charge >= 0.3 is 5.97 Å². The molecular formula is C43H51O24+. The quantitative estimate of drug-likeness (QED) is 0.0346. The Kier molecular flexibility index (Phi) is 15.2. The number of aliphatic hydroxyl groups excluding tert-OH is 9. The fraction of sp³-hybridized carbons (Fsp3) is 0.465. The molecule has 0 radical (unpaired) electrons. The first kappa shape index (κ1) is 49.2. The summed E-state index contributed by atoms with van der Waals surface area (Å²) in [7, 11) is 2.60. The monoisotopic (exact) mass is 951 g/mol. The van der Waals surface area contributed by atoms with Crippen LogP contribution in [0.4, 0.5) is 0 Å². The summed E-state index contributed by atoms with van der Waals surface area (Å²) in [5, 5.41) is 137. The minimum Gasteiger partial charge on any atom is -0.571 e. The van der Waals surface area contributed by atoms with Crippen LogP contribution in [0.3, 0.4) is 0 Å². The number of aliphatic hydroxyl groups is 10. The SMILES string of the molecule is COc1cc(C=CC(=O)OC2C(OC3C(OC4=Cc5c(OC6OC(CO)C(O)C(O)C6O)cc(O)cc5[OH+]C4c4ccc(O)c(O)c4)OC(CO)C(O)C3O)OCC(O)C2O)cc(OC)c1O. The van der Waals surface area contributed by atoms with Crippen LogP contribution >= 0.6 is 0 Å². The topological polar surface area (TPSA) is 376 Å². The number of hydrogen-bond acceptors (Lipinski definition) is 23. The van der Waals surface area contributed by atoms with E-state index in [0.29, 0.717) is 5.56 Å². The number of carbonyl (C=O) groups excluding carboxylic acids is 1. The van der Waals surface area contributed by atoms with E-state index in [1.807, 2.05) is 0 Å². The van der Waals surface area contributed by atoms with Gasteiger partial charge < -0.3 is 114 Å². The molecule has 3 saturated heterocycles. The zero-order valence-electron chi connectivity index (χ0n) is 35.4. The molecule has 0 spiro atoms. The summed E-state index contributed by atoms with van der Waals surface area (Å²) in [5.74, 6) is -3.36. The molecule has 3 aromatic rings. The maximum atomic E-state index is 13.2. The summed E-state index contributed by atoms with van der Waals surface area (Å²) < 4.78 is 55.8. The lowest BCUT2D eigenvalue weighted by atomic mass is 9.97. The van der Waals surface area contributed by atoms with E-state index in [9.17, 15) is 71.2 Å². The van der Waals surface area contributed by atoms with Crippen LogP contribution < -0.4 is 14.2 Å². The zero-order chi connectivity index (χ0) is 48.4. The highest BCUT2D eigenvalue weighted by atomic mass is 16.8. The molecule has 15 unspecified atom stereocenters. The fourth-order valence-electron chi connectivity index (χ4n) is 7.65. The first-order chi connectivity index (χ1) is 32.0. The van der Waals surface area contributed by atoms with E-state index in [0.717, 1.165) is 24.3 Å². The highest BCUT2D eigenvalue weighted by molar-refractivity contribution is 5.87. The van der Waals surface area contributed by atoms with Crippen molar-refractivity contribution in [2.75, 3.05) is 34.0 Å². The lowest BCUT2D eigenvalue weighted by Gasteiger charge is -2.45. The summed E-state index contributed by atoms with van der Waals surface area (Å²) in [6, 6.07) is 8.68. The molecule has 4 heterocycles. The van der Waals surface area contributed by atoms with Crippen molar-refractivity contribution in [1.29, 1.82) is 0 Å². The Morgan fingerprint density at radius 2 is 1.37 bits per heavy atom. The van der Waals surface area contributed by atoms with Crippen molar-refractivity contribution >= 4 is 18.1 Å². The van der Waals surface area contributed by atoms with E-state index in [1.165, 1.54) is 50.6 Å². The van der Waals surface area contributed by atoms with Gasteiger partial charge in [0, 0.05) is 18.2 Å². The normalized spacial score (nSPS) is 32.9. The third-order valence-electron chi connectivity index (χ3n) is 11.3. The molecule has 24 heteroatoms. The molecule has 366 valence electrons. The number of benzene rings is 3. The standard InChI is InChI=1S/C43H50O24/c1-58-25-7-16(8-26(59-2)32(25)52)3-6-30(50)66-39-31(51)22(49)15-60-42(39)67-40-36(56)34(54)29(14-45)65-43(40)63-27-12-19-23(61-38(27)17-4-5-20(47)21(48)9-17)10-18(46)11-24(19)62-41-37(57)35(55)33(53)28(13-44)64-41/h3-12,22,28-29,31,33-49,51-57H,13-15H2,1-2H3/p+1. The lowest BCUT2D eigenvalue weighted by molar-refractivity contribution is -0.353. The zero-order valence-corrected chi connectivity index (χ0v) is 35.4. The van der Waals surface area contributed by atoms with Gasteiger partial charge in [-0.2, -0.15) is 0 Å². The molecule has 4 aliphatic rings. The average Bonchev–Trinajstić information content (AvgIpc) is 3.31. The Bertz CT molecular complexity index is 2260. The number of esters is 1. The van der Waals surface area contributed by atoms with Crippen molar-refractivity contribution in [2.24, 2.45) is 0 Å². The number of methoxy groups -OCH3 is 2.